The zero-order valence-corrected chi connectivity index (χ0v) is 8.66. The van der Waals surface area contributed by atoms with Crippen LogP contribution in [-0.2, 0) is 11.5 Å². The van der Waals surface area contributed by atoms with E-state index in [0.29, 0.717) is 13.1 Å². The molecule has 1 saturated heterocycles. The van der Waals surface area contributed by atoms with Crippen molar-refractivity contribution in [1.29, 1.82) is 0 Å². The maximum absolute atomic E-state index is 11.4. The molecule has 76 valence electrons. The molecule has 14 heavy (non-hydrogen) atoms. The van der Waals surface area contributed by atoms with E-state index in [1.807, 2.05) is 29.5 Å². The first-order valence-electron chi connectivity index (χ1n) is 4.95. The van der Waals surface area contributed by atoms with Gasteiger partial charge in [0.05, 0.1) is 5.69 Å². The van der Waals surface area contributed by atoms with Gasteiger partial charge < -0.3 is 4.90 Å². The van der Waals surface area contributed by atoms with Gasteiger partial charge in [-0.2, -0.15) is 5.10 Å². The number of likely N-dealkylation sites (tertiary alicyclic amines) is 1. The van der Waals surface area contributed by atoms with Gasteiger partial charge in [-0.05, 0) is 26.3 Å². The van der Waals surface area contributed by atoms with Gasteiger partial charge in [-0.3, -0.25) is 4.79 Å². The second-order valence-electron chi connectivity index (χ2n) is 3.83. The Balaban J connectivity index is 2.10. The molecule has 0 atom stereocenters. The summed E-state index contributed by atoms with van der Waals surface area (Å²) in [5, 5.41) is 4.33. The Morgan fingerprint density at radius 1 is 1.50 bits per heavy atom. The van der Waals surface area contributed by atoms with Crippen molar-refractivity contribution < 1.29 is 4.79 Å². The molecule has 1 aromatic heterocycles. The van der Waals surface area contributed by atoms with Crippen LogP contribution in [0.2, 0.25) is 0 Å². The third kappa shape index (κ3) is 1.64. The molecule has 4 nitrogen and oxygen atoms in total. The summed E-state index contributed by atoms with van der Waals surface area (Å²) in [7, 11) is 0. The number of hydrogen-bond acceptors (Lipinski definition) is 2. The van der Waals surface area contributed by atoms with Crippen molar-refractivity contribution in [2.45, 2.75) is 33.4 Å². The van der Waals surface area contributed by atoms with E-state index in [4.69, 9.17) is 0 Å². The van der Waals surface area contributed by atoms with Gasteiger partial charge in [-0.25, -0.2) is 4.68 Å². The standard InChI is InChI=1S/C10H15N3O/c1-8-6-9(2)13(11-8)7-12-5-3-4-10(12)14/h6H,3-5,7H2,1-2H3. The summed E-state index contributed by atoms with van der Waals surface area (Å²) in [6.45, 7) is 5.46. The van der Waals surface area contributed by atoms with Gasteiger partial charge in [0, 0.05) is 18.7 Å². The van der Waals surface area contributed by atoms with Crippen molar-refractivity contribution in [2.75, 3.05) is 6.54 Å². The van der Waals surface area contributed by atoms with E-state index in [-0.39, 0.29) is 5.91 Å². The van der Waals surface area contributed by atoms with Crippen LogP contribution in [0.4, 0.5) is 0 Å². The lowest BCUT2D eigenvalue weighted by atomic mass is 10.4. The van der Waals surface area contributed by atoms with Crippen LogP contribution in [0.1, 0.15) is 24.2 Å². The van der Waals surface area contributed by atoms with E-state index in [0.717, 1.165) is 24.4 Å². The molecule has 1 aliphatic rings. The summed E-state index contributed by atoms with van der Waals surface area (Å²) in [6.07, 6.45) is 1.68. The van der Waals surface area contributed by atoms with Gasteiger partial charge in [0.15, 0.2) is 0 Å². The molecule has 1 fully saturated rings. The van der Waals surface area contributed by atoms with Gasteiger partial charge in [0.25, 0.3) is 0 Å². The van der Waals surface area contributed by atoms with Gasteiger partial charge in [0.2, 0.25) is 5.91 Å². The summed E-state index contributed by atoms with van der Waals surface area (Å²) in [4.78, 5) is 13.2. The highest BCUT2D eigenvalue weighted by molar-refractivity contribution is 5.77. The summed E-state index contributed by atoms with van der Waals surface area (Å²) >= 11 is 0. The Labute approximate surface area is 83.5 Å². The highest BCUT2D eigenvalue weighted by Gasteiger charge is 2.20. The predicted molar refractivity (Wildman–Crippen MR) is 52.6 cm³/mol. The second kappa shape index (κ2) is 3.44. The minimum absolute atomic E-state index is 0.248. The monoisotopic (exact) mass is 193 g/mol. The van der Waals surface area contributed by atoms with Crippen LogP contribution in [0.3, 0.4) is 0 Å². The molecular weight excluding hydrogens is 178 g/mol. The molecule has 0 saturated carbocycles. The molecule has 2 heterocycles. The third-order valence-corrected chi connectivity index (χ3v) is 2.58. The van der Waals surface area contributed by atoms with Crippen LogP contribution in [0.5, 0.6) is 0 Å². The van der Waals surface area contributed by atoms with Crippen LogP contribution in [-0.4, -0.2) is 27.1 Å². The molecular formula is C10H15N3O. The zero-order valence-electron chi connectivity index (χ0n) is 8.66. The average Bonchev–Trinajstić information content (AvgIpc) is 2.62. The number of aromatic nitrogens is 2. The second-order valence-corrected chi connectivity index (χ2v) is 3.83. The Morgan fingerprint density at radius 3 is 2.79 bits per heavy atom. The van der Waals surface area contributed by atoms with Crippen LogP contribution < -0.4 is 0 Å². The fourth-order valence-electron chi connectivity index (χ4n) is 1.83. The van der Waals surface area contributed by atoms with Gasteiger partial charge in [-0.1, -0.05) is 0 Å². The van der Waals surface area contributed by atoms with Crippen molar-refractivity contribution in [3.05, 3.63) is 17.5 Å². The van der Waals surface area contributed by atoms with Gasteiger partial charge >= 0.3 is 0 Å². The lowest BCUT2D eigenvalue weighted by Gasteiger charge is -2.16. The Kier molecular flexibility index (Phi) is 2.27. The fraction of sp³-hybridized carbons (Fsp3) is 0.600. The largest absolute Gasteiger partial charge is 0.323 e. The van der Waals surface area contributed by atoms with Crippen LogP contribution in [0, 0.1) is 13.8 Å². The smallest absolute Gasteiger partial charge is 0.224 e. The Hall–Kier alpha value is -1.32. The Morgan fingerprint density at radius 2 is 2.29 bits per heavy atom. The van der Waals surface area contributed by atoms with Crippen molar-refractivity contribution in [3.8, 4) is 0 Å². The zero-order chi connectivity index (χ0) is 10.1. The molecule has 1 aromatic rings. The lowest BCUT2D eigenvalue weighted by Crippen LogP contribution is -2.28. The maximum atomic E-state index is 11.4. The molecule has 0 spiro atoms. The summed E-state index contributed by atoms with van der Waals surface area (Å²) < 4.78 is 1.89. The van der Waals surface area contributed by atoms with Gasteiger partial charge in [0.1, 0.15) is 6.67 Å². The first-order valence-corrected chi connectivity index (χ1v) is 4.95. The molecule has 1 amide bonds. The number of rotatable bonds is 2. The molecule has 0 aliphatic carbocycles. The lowest BCUT2D eigenvalue weighted by molar-refractivity contribution is -0.129. The van der Waals surface area contributed by atoms with Crippen molar-refractivity contribution in [1.82, 2.24) is 14.7 Å². The fourth-order valence-corrected chi connectivity index (χ4v) is 1.83. The van der Waals surface area contributed by atoms with E-state index in [9.17, 15) is 4.79 Å². The SMILES string of the molecule is Cc1cc(C)n(CN2CCCC2=O)n1. The molecule has 1 aliphatic heterocycles. The molecule has 0 N–H and O–H groups in total. The van der Waals surface area contributed by atoms with Gasteiger partial charge in [-0.15, -0.1) is 0 Å². The van der Waals surface area contributed by atoms with E-state index < -0.39 is 0 Å². The predicted octanol–water partition coefficient (Wildman–Crippen LogP) is 1.08. The number of amides is 1. The maximum Gasteiger partial charge on any atom is 0.224 e. The van der Waals surface area contributed by atoms with Crippen LogP contribution >= 0.6 is 0 Å². The normalized spacial score (nSPS) is 16.7. The van der Waals surface area contributed by atoms with E-state index in [2.05, 4.69) is 5.10 Å². The molecule has 0 radical (unpaired) electrons. The molecule has 0 aromatic carbocycles. The van der Waals surface area contributed by atoms with Crippen molar-refractivity contribution >= 4 is 5.91 Å². The number of carbonyl (C=O) groups excluding carboxylic acids is 1. The number of carbonyl (C=O) groups is 1. The molecule has 4 heteroatoms. The summed E-state index contributed by atoms with van der Waals surface area (Å²) in [5.74, 6) is 0.248. The molecule has 2 rings (SSSR count). The third-order valence-electron chi connectivity index (χ3n) is 2.58. The number of aryl methyl sites for hydroxylation is 2. The quantitative estimate of drug-likeness (QED) is 0.705. The van der Waals surface area contributed by atoms with E-state index >= 15 is 0 Å². The highest BCUT2D eigenvalue weighted by Crippen LogP contribution is 2.12. The van der Waals surface area contributed by atoms with Crippen LogP contribution in [0.25, 0.3) is 0 Å². The van der Waals surface area contributed by atoms with Crippen LogP contribution in [0.15, 0.2) is 6.07 Å². The van der Waals surface area contributed by atoms with E-state index in [1.165, 1.54) is 0 Å². The highest BCUT2D eigenvalue weighted by atomic mass is 16.2. The van der Waals surface area contributed by atoms with E-state index in [1.54, 1.807) is 0 Å². The summed E-state index contributed by atoms with van der Waals surface area (Å²) in [5.41, 5.74) is 2.12. The first-order chi connectivity index (χ1) is 6.66. The topological polar surface area (TPSA) is 38.1 Å². The number of nitrogens with zero attached hydrogens (tertiary/aromatic N) is 3. The molecule has 0 unspecified atom stereocenters. The number of hydrogen-bond donors (Lipinski definition) is 0. The average molecular weight is 193 g/mol. The Bertz CT molecular complexity index is 356. The summed E-state index contributed by atoms with van der Waals surface area (Å²) in [6, 6.07) is 2.03. The van der Waals surface area contributed by atoms with Crippen molar-refractivity contribution in [2.24, 2.45) is 0 Å². The minimum Gasteiger partial charge on any atom is -0.323 e. The minimum atomic E-state index is 0.248. The molecule has 0 bridgehead atoms. The van der Waals surface area contributed by atoms with Crippen molar-refractivity contribution in [3.63, 3.8) is 0 Å². The first kappa shape index (κ1) is 9.24.